The quantitative estimate of drug-likeness (QED) is 0.370. The maximum atomic E-state index is 13.5. The van der Waals surface area contributed by atoms with E-state index in [4.69, 9.17) is 0 Å². The number of hydrogen-bond donors (Lipinski definition) is 1. The van der Waals surface area contributed by atoms with Crippen LogP contribution in [0.3, 0.4) is 0 Å². The van der Waals surface area contributed by atoms with E-state index in [1.165, 1.54) is 24.3 Å². The van der Waals surface area contributed by atoms with Crippen molar-refractivity contribution >= 4 is 29.1 Å². The first-order valence-electron chi connectivity index (χ1n) is 11.0. The monoisotopic (exact) mass is 453 g/mol. The minimum atomic E-state index is -0.533. The van der Waals surface area contributed by atoms with Crippen molar-refractivity contribution in [2.45, 2.75) is 11.8 Å². The van der Waals surface area contributed by atoms with E-state index in [1.807, 2.05) is 48.5 Å². The van der Waals surface area contributed by atoms with Gasteiger partial charge in [0.05, 0.1) is 16.8 Å². The molecule has 34 heavy (non-hydrogen) atoms. The van der Waals surface area contributed by atoms with Crippen molar-refractivity contribution < 1.29 is 19.3 Å². The molecule has 4 aliphatic rings. The largest absolute Gasteiger partial charge is 0.325 e. The van der Waals surface area contributed by atoms with Gasteiger partial charge in [-0.05, 0) is 34.4 Å². The summed E-state index contributed by atoms with van der Waals surface area (Å²) in [6.45, 7) is -0.395. The van der Waals surface area contributed by atoms with Crippen LogP contribution in [0.5, 0.6) is 0 Å². The van der Waals surface area contributed by atoms with Gasteiger partial charge in [-0.2, -0.15) is 0 Å². The molecule has 0 spiro atoms. The van der Waals surface area contributed by atoms with E-state index < -0.39 is 29.2 Å². The predicted octanol–water partition coefficient (Wildman–Crippen LogP) is 3.43. The summed E-state index contributed by atoms with van der Waals surface area (Å²) in [6.07, 6.45) is 0. The van der Waals surface area contributed by atoms with E-state index in [1.54, 1.807) is 0 Å². The molecule has 0 saturated carbocycles. The Morgan fingerprint density at radius 1 is 0.794 bits per heavy atom. The molecule has 1 N–H and O–H groups in total. The lowest BCUT2D eigenvalue weighted by molar-refractivity contribution is -0.384. The molecule has 1 saturated heterocycles. The Balaban J connectivity index is 1.29. The number of amides is 3. The topological polar surface area (TPSA) is 110 Å². The fourth-order valence-electron chi connectivity index (χ4n) is 5.91. The van der Waals surface area contributed by atoms with Gasteiger partial charge < -0.3 is 5.32 Å². The number of imide groups is 1. The minimum absolute atomic E-state index is 0.0958. The lowest BCUT2D eigenvalue weighted by Crippen LogP contribution is -2.41. The third kappa shape index (κ3) is 2.81. The number of anilines is 1. The molecule has 3 aliphatic carbocycles. The molecule has 1 aliphatic heterocycles. The Morgan fingerprint density at radius 3 is 1.65 bits per heavy atom. The first kappa shape index (κ1) is 20.3. The number of nitro groups is 1. The average molecular weight is 453 g/mol. The lowest BCUT2D eigenvalue weighted by atomic mass is 9.55. The van der Waals surface area contributed by atoms with Crippen LogP contribution >= 0.6 is 0 Å². The SMILES string of the molecule is O=C(CN1C(=O)[C@@H]2C3c4ccccc4C(c4ccccc43)[C@H]2C1=O)Nc1ccc([N+](=O)[O-])cc1. The van der Waals surface area contributed by atoms with Crippen molar-refractivity contribution in [2.24, 2.45) is 11.8 Å². The van der Waals surface area contributed by atoms with E-state index >= 15 is 0 Å². The summed E-state index contributed by atoms with van der Waals surface area (Å²) in [4.78, 5) is 51.1. The standard InChI is InChI=1S/C26H19N3O5/c30-20(27-14-9-11-15(12-10-14)29(33)34)13-28-25(31)23-21-16-5-1-2-6-17(16)22(24(23)26(28)32)19-8-4-3-7-18(19)21/h1-12,21-24H,13H2,(H,27,30)/t21?,22?,23-,24-/m1/s1. The summed E-state index contributed by atoms with van der Waals surface area (Å²) in [5, 5.41) is 13.4. The van der Waals surface area contributed by atoms with Crippen LogP contribution in [0.4, 0.5) is 11.4 Å². The van der Waals surface area contributed by atoms with Crippen LogP contribution in [0.1, 0.15) is 34.1 Å². The zero-order valence-electron chi connectivity index (χ0n) is 17.9. The fourth-order valence-corrected chi connectivity index (χ4v) is 5.91. The van der Waals surface area contributed by atoms with Crippen molar-refractivity contribution in [1.29, 1.82) is 0 Å². The summed E-state index contributed by atoms with van der Waals surface area (Å²) in [5.74, 6) is -2.69. The van der Waals surface area contributed by atoms with Gasteiger partial charge in [-0.15, -0.1) is 0 Å². The number of likely N-dealkylation sites (tertiary alicyclic amines) is 1. The number of carbonyl (C=O) groups excluding carboxylic acids is 3. The molecule has 7 rings (SSSR count). The molecule has 3 aromatic rings. The van der Waals surface area contributed by atoms with Crippen LogP contribution in [-0.4, -0.2) is 34.1 Å². The van der Waals surface area contributed by atoms with Gasteiger partial charge in [-0.1, -0.05) is 48.5 Å². The first-order chi connectivity index (χ1) is 16.5. The molecular formula is C26H19N3O5. The second-order valence-electron chi connectivity index (χ2n) is 8.88. The van der Waals surface area contributed by atoms with Gasteiger partial charge in [0.15, 0.2) is 0 Å². The smallest absolute Gasteiger partial charge is 0.269 e. The zero-order valence-corrected chi connectivity index (χ0v) is 17.9. The number of nitro benzene ring substituents is 1. The molecule has 2 bridgehead atoms. The van der Waals surface area contributed by atoms with E-state index in [-0.39, 0.29) is 29.3 Å². The molecule has 8 heteroatoms. The number of hydrogen-bond acceptors (Lipinski definition) is 5. The second kappa shape index (κ2) is 7.34. The molecule has 0 aromatic heterocycles. The maximum absolute atomic E-state index is 13.5. The number of benzene rings is 3. The van der Waals surface area contributed by atoms with Crippen molar-refractivity contribution in [2.75, 3.05) is 11.9 Å². The van der Waals surface area contributed by atoms with Crippen LogP contribution in [0.15, 0.2) is 72.8 Å². The summed E-state index contributed by atoms with van der Waals surface area (Å²) in [5.41, 5.74) is 4.56. The van der Waals surface area contributed by atoms with Crippen LogP contribution in [0.2, 0.25) is 0 Å². The van der Waals surface area contributed by atoms with Crippen LogP contribution in [0, 0.1) is 22.0 Å². The molecule has 3 aromatic carbocycles. The number of non-ortho nitro benzene ring substituents is 1. The summed E-state index contributed by atoms with van der Waals surface area (Å²) in [6, 6.07) is 21.3. The van der Waals surface area contributed by atoms with Gasteiger partial charge in [-0.3, -0.25) is 29.4 Å². The van der Waals surface area contributed by atoms with Crippen molar-refractivity contribution in [3.8, 4) is 0 Å². The number of nitrogens with one attached hydrogen (secondary N) is 1. The molecule has 1 heterocycles. The third-order valence-electron chi connectivity index (χ3n) is 7.20. The highest BCUT2D eigenvalue weighted by Gasteiger charge is 2.61. The van der Waals surface area contributed by atoms with E-state index in [2.05, 4.69) is 5.32 Å². The van der Waals surface area contributed by atoms with Crippen molar-refractivity contribution in [3.05, 3.63) is 105 Å². The van der Waals surface area contributed by atoms with Gasteiger partial charge in [0.2, 0.25) is 17.7 Å². The summed E-state index contributed by atoms with van der Waals surface area (Å²) in [7, 11) is 0. The van der Waals surface area contributed by atoms with Crippen molar-refractivity contribution in [1.82, 2.24) is 4.90 Å². The molecule has 1 fully saturated rings. The van der Waals surface area contributed by atoms with Gasteiger partial charge >= 0.3 is 0 Å². The van der Waals surface area contributed by atoms with Gasteiger partial charge in [-0.25, -0.2) is 0 Å². The number of carbonyl (C=O) groups is 3. The first-order valence-corrected chi connectivity index (χ1v) is 11.0. The highest BCUT2D eigenvalue weighted by molar-refractivity contribution is 6.10. The van der Waals surface area contributed by atoms with Crippen LogP contribution in [0.25, 0.3) is 0 Å². The maximum Gasteiger partial charge on any atom is 0.269 e. The Morgan fingerprint density at radius 2 is 1.24 bits per heavy atom. The minimum Gasteiger partial charge on any atom is -0.325 e. The molecule has 2 atom stereocenters. The van der Waals surface area contributed by atoms with E-state index in [0.29, 0.717) is 5.69 Å². The lowest BCUT2D eigenvalue weighted by Gasteiger charge is -2.45. The molecular weight excluding hydrogens is 434 g/mol. The Bertz CT molecular complexity index is 1270. The second-order valence-corrected chi connectivity index (χ2v) is 8.88. The summed E-state index contributed by atoms with van der Waals surface area (Å²) >= 11 is 0. The van der Waals surface area contributed by atoms with Gasteiger partial charge in [0, 0.05) is 29.7 Å². The Hall–Kier alpha value is -4.33. The molecule has 8 nitrogen and oxygen atoms in total. The number of nitrogens with zero attached hydrogens (tertiary/aromatic N) is 2. The average Bonchev–Trinajstić information content (AvgIpc) is 3.09. The predicted molar refractivity (Wildman–Crippen MR) is 122 cm³/mol. The number of rotatable bonds is 4. The van der Waals surface area contributed by atoms with Gasteiger partial charge in [0.1, 0.15) is 6.54 Å². The molecule has 3 amide bonds. The molecule has 0 unspecified atom stereocenters. The summed E-state index contributed by atoms with van der Waals surface area (Å²) < 4.78 is 0. The fraction of sp³-hybridized carbons (Fsp3) is 0.192. The van der Waals surface area contributed by atoms with Gasteiger partial charge in [0.25, 0.3) is 5.69 Å². The van der Waals surface area contributed by atoms with E-state index in [9.17, 15) is 24.5 Å². The van der Waals surface area contributed by atoms with Crippen LogP contribution < -0.4 is 5.32 Å². The zero-order chi connectivity index (χ0) is 23.6. The Kier molecular flexibility index (Phi) is 4.38. The Labute approximate surface area is 194 Å². The molecule has 168 valence electrons. The third-order valence-corrected chi connectivity index (χ3v) is 7.20. The van der Waals surface area contributed by atoms with Crippen LogP contribution in [-0.2, 0) is 14.4 Å². The highest BCUT2D eigenvalue weighted by atomic mass is 16.6. The normalized spacial score (nSPS) is 23.8. The highest BCUT2D eigenvalue weighted by Crippen LogP contribution is 2.60. The van der Waals surface area contributed by atoms with E-state index in [0.717, 1.165) is 27.2 Å². The molecule has 0 radical (unpaired) electrons. The van der Waals surface area contributed by atoms with Crippen molar-refractivity contribution in [3.63, 3.8) is 0 Å².